The Balaban J connectivity index is 4.51. The lowest BCUT2D eigenvalue weighted by atomic mass is 9.98. The Hall–Kier alpha value is -1.65. The molecule has 0 unspecified atom stereocenters. The number of ether oxygens (including phenoxy) is 2. The Morgan fingerprint density at radius 3 is 1.30 bits per heavy atom. The minimum atomic E-state index is -6.40. The van der Waals surface area contributed by atoms with Crippen LogP contribution in [0.25, 0.3) is 0 Å². The van der Waals surface area contributed by atoms with Crippen LogP contribution in [0.4, 0.5) is 0 Å². The number of rotatable bonds is 24. The molecule has 9 atom stereocenters. The van der Waals surface area contributed by atoms with Crippen molar-refractivity contribution in [3.8, 4) is 0 Å². The van der Waals surface area contributed by atoms with Crippen molar-refractivity contribution in [3.05, 3.63) is 0 Å². The molecule has 0 aromatic rings. The fourth-order valence-corrected chi connectivity index (χ4v) is 7.40. The third-order valence-corrected chi connectivity index (χ3v) is 8.99. The molecule has 1 amide bonds. The average Bonchev–Trinajstić information content (AvgIpc) is 2.89. The predicted molar refractivity (Wildman–Crippen MR) is 156 cm³/mol. The number of primary amides is 1. The quantitative estimate of drug-likeness (QED) is 0.0406. The second kappa shape index (κ2) is 18.7. The van der Waals surface area contributed by atoms with Crippen molar-refractivity contribution in [1.29, 1.82) is 0 Å². The summed E-state index contributed by atoms with van der Waals surface area (Å²) in [6.45, 7) is -4.36. The van der Waals surface area contributed by atoms with Gasteiger partial charge in [0.05, 0.1) is 13.2 Å². The molecule has 36 nitrogen and oxygen atoms in total. The monoisotopic (exact) mass is 997 g/mol. The molecule has 1 saturated heterocycles. The van der Waals surface area contributed by atoms with Gasteiger partial charge in [-0.1, -0.05) is 0 Å². The second-order valence-electron chi connectivity index (χ2n) is 9.43. The SMILES string of the molecule is NC(=O)[C@H](OS(=O)(=O)O)[C@@H](OS(=O)(=O)O)[C@H](O[C@H]1O[C@H](COS(=O)(=O)O)[C@@H](OS(=O)(=O)O)[C@H](OS(=O)(=O)O)[C@H]1OS(=O)(=O)O)[C@@H](COS(=O)(=O)O)OS(=O)(=O)O. The van der Waals surface area contributed by atoms with Gasteiger partial charge in [0.1, 0.15) is 36.6 Å². The summed E-state index contributed by atoms with van der Waals surface area (Å²) in [5, 5.41) is 0. The molecule has 1 aliphatic heterocycles. The summed E-state index contributed by atoms with van der Waals surface area (Å²) in [6, 6.07) is 0. The number of carbonyl (C=O) groups is 1. The van der Waals surface area contributed by atoms with Crippen molar-refractivity contribution in [1.82, 2.24) is 0 Å². The maximum atomic E-state index is 12.3. The van der Waals surface area contributed by atoms with E-state index in [2.05, 4.69) is 33.5 Å². The van der Waals surface area contributed by atoms with Crippen LogP contribution in [-0.4, -0.2) is 178 Å². The van der Waals surface area contributed by atoms with Crippen LogP contribution in [0.1, 0.15) is 0 Å². The summed E-state index contributed by atoms with van der Waals surface area (Å²) in [6.07, 6.45) is -31.7. The summed E-state index contributed by atoms with van der Waals surface area (Å²) >= 11 is 0. The molecule has 0 spiro atoms. The van der Waals surface area contributed by atoms with Gasteiger partial charge in [0, 0.05) is 0 Å². The zero-order chi connectivity index (χ0) is 44.3. The Bertz CT molecular complexity index is 2300. The average molecular weight is 998 g/mol. The van der Waals surface area contributed by atoms with Gasteiger partial charge in [-0.15, -0.1) is 0 Å². The predicted octanol–water partition coefficient (Wildman–Crippen LogP) is -7.65. The molecule has 1 heterocycles. The van der Waals surface area contributed by atoms with E-state index >= 15 is 0 Å². The number of hydrogen-bond acceptors (Lipinski definition) is 27. The molecule has 0 radical (unpaired) electrons. The van der Waals surface area contributed by atoms with E-state index in [0.717, 1.165) is 0 Å². The molecule has 1 fully saturated rings. The van der Waals surface area contributed by atoms with E-state index in [1.807, 2.05) is 0 Å². The van der Waals surface area contributed by atoms with Gasteiger partial charge >= 0.3 is 83.2 Å². The lowest BCUT2D eigenvalue weighted by molar-refractivity contribution is -0.312. The van der Waals surface area contributed by atoms with Crippen molar-refractivity contribution >= 4 is 89.1 Å². The maximum Gasteiger partial charge on any atom is 0.398 e. The van der Waals surface area contributed by atoms with E-state index in [4.69, 9.17) is 28.9 Å². The van der Waals surface area contributed by atoms with Gasteiger partial charge in [-0.2, -0.15) is 67.3 Å². The van der Waals surface area contributed by atoms with Crippen LogP contribution in [0.3, 0.4) is 0 Å². The Labute approximate surface area is 313 Å². The standard InChI is InChI=1S/C12H23NO35S8/c13-11(14)9(47-55(33,34)35)7(45-53(27,28)29)5(4(43-51(21,22)23)2-40-50(18,19)20)42-12-10(48-56(36,37)38)8(46-54(30,31)32)6(44-52(24,25)26)3(41-12)1-39-49(15,16)17/h3-10,12H,1-2H2,(H2,13,14)(H,15,16,17)(H,18,19,20)(H,21,22,23)(H,24,25,26)(H,27,28,29)(H,30,31,32)(H,33,34,35)(H,36,37,38)/t3-,4-,5-,6-,7+,8+,9-,10-,12-/m1/s1. The first-order chi connectivity index (χ1) is 24.5. The lowest BCUT2D eigenvalue weighted by Crippen LogP contribution is -2.65. The van der Waals surface area contributed by atoms with Crippen LogP contribution in [0, 0.1) is 0 Å². The summed E-state index contributed by atoms with van der Waals surface area (Å²) in [4.78, 5) is 12.3. The molecule has 1 rings (SSSR count). The van der Waals surface area contributed by atoms with Gasteiger partial charge in [-0.3, -0.25) is 41.2 Å². The minimum absolute atomic E-state index is 2.04. The molecule has 334 valence electrons. The lowest BCUT2D eigenvalue weighted by Gasteiger charge is -2.45. The molecule has 1 aliphatic rings. The molecule has 44 heteroatoms. The highest BCUT2D eigenvalue weighted by Crippen LogP contribution is 2.34. The number of carbonyl (C=O) groups excluding carboxylic acids is 1. The van der Waals surface area contributed by atoms with E-state index in [0.29, 0.717) is 0 Å². The third-order valence-electron chi connectivity index (χ3n) is 5.32. The van der Waals surface area contributed by atoms with Crippen molar-refractivity contribution in [3.63, 3.8) is 0 Å². The van der Waals surface area contributed by atoms with Crippen molar-refractivity contribution in [2.45, 2.75) is 55.1 Å². The molecule has 0 saturated carbocycles. The molecule has 0 aromatic heterocycles. The first kappa shape index (κ1) is 52.4. The van der Waals surface area contributed by atoms with Gasteiger partial charge < -0.3 is 15.2 Å². The Kier molecular flexibility index (Phi) is 17.5. The minimum Gasteiger partial charge on any atom is -0.367 e. The first-order valence-corrected chi connectivity index (χ1v) is 23.2. The van der Waals surface area contributed by atoms with Crippen molar-refractivity contribution in [2.24, 2.45) is 5.73 Å². The molecule has 10 N–H and O–H groups in total. The summed E-state index contributed by atoms with van der Waals surface area (Å²) in [5.41, 5.74) is 4.88. The van der Waals surface area contributed by atoms with Crippen LogP contribution in [-0.2, 0) is 131 Å². The van der Waals surface area contributed by atoms with E-state index in [1.54, 1.807) is 0 Å². The smallest absolute Gasteiger partial charge is 0.367 e. The maximum absolute atomic E-state index is 12.3. The molecule has 56 heavy (non-hydrogen) atoms. The zero-order valence-corrected chi connectivity index (χ0v) is 32.1. The Morgan fingerprint density at radius 1 is 0.518 bits per heavy atom. The normalized spacial score (nSPS) is 24.5. The largest absolute Gasteiger partial charge is 0.398 e. The van der Waals surface area contributed by atoms with Gasteiger partial charge in [-0.05, 0) is 0 Å². The van der Waals surface area contributed by atoms with Crippen molar-refractivity contribution < 1.29 is 151 Å². The molecular weight excluding hydrogens is 975 g/mol. The van der Waals surface area contributed by atoms with E-state index in [-0.39, 0.29) is 0 Å². The fourth-order valence-electron chi connectivity index (χ4n) is 3.86. The molecular formula is C12H23NO35S8. The second-order valence-corrected chi connectivity index (χ2v) is 17.9. The Morgan fingerprint density at radius 2 is 0.929 bits per heavy atom. The van der Waals surface area contributed by atoms with E-state index in [1.165, 1.54) is 0 Å². The summed E-state index contributed by atoms with van der Waals surface area (Å²) < 4.78 is 301. The highest BCUT2D eigenvalue weighted by molar-refractivity contribution is 7.82. The molecule has 0 bridgehead atoms. The number of hydrogen-bond donors (Lipinski definition) is 9. The zero-order valence-electron chi connectivity index (χ0n) is 25.6. The molecule has 0 aromatic carbocycles. The van der Waals surface area contributed by atoms with Gasteiger partial charge in [0.25, 0.3) is 5.91 Å². The number of nitrogens with two attached hydrogens (primary N) is 1. The van der Waals surface area contributed by atoms with Crippen LogP contribution >= 0.6 is 0 Å². The topological polar surface area (TPSA) is 570 Å². The van der Waals surface area contributed by atoms with E-state index < -0.39 is 157 Å². The van der Waals surface area contributed by atoms with Crippen LogP contribution < -0.4 is 5.73 Å². The van der Waals surface area contributed by atoms with Gasteiger partial charge in [0.15, 0.2) is 18.5 Å². The first-order valence-electron chi connectivity index (χ1n) is 12.3. The van der Waals surface area contributed by atoms with E-state index in [9.17, 15) is 94.9 Å². The highest BCUT2D eigenvalue weighted by atomic mass is 32.3. The third kappa shape index (κ3) is 21.4. The number of amides is 1. The summed E-state index contributed by atoms with van der Waals surface area (Å²) in [5.74, 6) is -2.45. The van der Waals surface area contributed by atoms with Crippen LogP contribution in [0.2, 0.25) is 0 Å². The summed E-state index contributed by atoms with van der Waals surface area (Å²) in [7, 11) is -49.3. The van der Waals surface area contributed by atoms with Crippen LogP contribution in [0.5, 0.6) is 0 Å². The molecule has 0 aliphatic carbocycles. The van der Waals surface area contributed by atoms with Crippen molar-refractivity contribution in [2.75, 3.05) is 13.2 Å². The van der Waals surface area contributed by atoms with Crippen LogP contribution in [0.15, 0.2) is 0 Å². The van der Waals surface area contributed by atoms with Gasteiger partial charge in [-0.25, -0.2) is 33.5 Å². The fraction of sp³-hybridized carbons (Fsp3) is 0.917. The van der Waals surface area contributed by atoms with Gasteiger partial charge in [0.2, 0.25) is 0 Å². The highest BCUT2D eigenvalue weighted by Gasteiger charge is 2.57.